The minimum Gasteiger partial charge on any atom is -0.486 e. The molecular weight excluding hydrogens is 328 g/mol. The lowest BCUT2D eigenvalue weighted by molar-refractivity contribution is -0.115. The van der Waals surface area contributed by atoms with Gasteiger partial charge in [-0.1, -0.05) is 32.0 Å². The molecule has 5 heteroatoms. The highest BCUT2D eigenvalue weighted by molar-refractivity contribution is 5.92. The highest BCUT2D eigenvalue weighted by atomic mass is 16.6. The number of anilines is 2. The molecule has 2 aromatic rings. The number of aryl methyl sites for hydroxylation is 1. The summed E-state index contributed by atoms with van der Waals surface area (Å²) in [6, 6.07) is 11.9. The van der Waals surface area contributed by atoms with E-state index in [0.29, 0.717) is 32.1 Å². The summed E-state index contributed by atoms with van der Waals surface area (Å²) in [7, 11) is 0. The Morgan fingerprint density at radius 3 is 2.65 bits per heavy atom. The van der Waals surface area contributed by atoms with Crippen molar-refractivity contribution in [3.05, 3.63) is 47.5 Å². The lowest BCUT2D eigenvalue weighted by atomic mass is 9.98. The van der Waals surface area contributed by atoms with E-state index in [4.69, 9.17) is 9.47 Å². The van der Waals surface area contributed by atoms with Crippen LogP contribution in [0.5, 0.6) is 11.5 Å². The second kappa shape index (κ2) is 8.13. The lowest BCUT2D eigenvalue weighted by Crippen LogP contribution is -2.18. The number of fused-ring (bicyclic) bond motifs is 1. The molecule has 5 nitrogen and oxygen atoms in total. The van der Waals surface area contributed by atoms with E-state index in [0.717, 1.165) is 34.0 Å². The molecule has 0 spiro atoms. The predicted molar refractivity (Wildman–Crippen MR) is 104 cm³/mol. The van der Waals surface area contributed by atoms with Crippen molar-refractivity contribution in [3.63, 3.8) is 0 Å². The molecule has 1 amide bonds. The molecule has 26 heavy (non-hydrogen) atoms. The molecule has 1 aliphatic heterocycles. The minimum atomic E-state index is 0.00578. The topological polar surface area (TPSA) is 59.6 Å². The van der Waals surface area contributed by atoms with Gasteiger partial charge in [-0.05, 0) is 36.1 Å². The second-order valence-corrected chi connectivity index (χ2v) is 6.78. The molecule has 0 saturated heterocycles. The zero-order valence-corrected chi connectivity index (χ0v) is 15.6. The molecule has 1 heterocycles. The van der Waals surface area contributed by atoms with Crippen LogP contribution in [0.25, 0.3) is 0 Å². The molecule has 138 valence electrons. The van der Waals surface area contributed by atoms with Crippen LogP contribution < -0.4 is 20.1 Å². The van der Waals surface area contributed by atoms with Gasteiger partial charge in [0.15, 0.2) is 11.5 Å². The average molecular weight is 354 g/mol. The summed E-state index contributed by atoms with van der Waals surface area (Å²) in [5.74, 6) is 1.87. The van der Waals surface area contributed by atoms with Gasteiger partial charge in [0.05, 0.1) is 0 Å². The number of amides is 1. The zero-order chi connectivity index (χ0) is 18.5. The number of carbonyl (C=O) groups excluding carboxylic acids is 1. The van der Waals surface area contributed by atoms with Crippen LogP contribution in [0.4, 0.5) is 11.4 Å². The van der Waals surface area contributed by atoms with Crippen molar-refractivity contribution in [2.75, 3.05) is 30.4 Å². The average Bonchev–Trinajstić information content (AvgIpc) is 2.63. The summed E-state index contributed by atoms with van der Waals surface area (Å²) in [5.41, 5.74) is 4.11. The number of hydrogen-bond donors (Lipinski definition) is 2. The van der Waals surface area contributed by atoms with Gasteiger partial charge in [0, 0.05) is 30.4 Å². The van der Waals surface area contributed by atoms with Crippen LogP contribution >= 0.6 is 0 Å². The quantitative estimate of drug-likeness (QED) is 0.811. The Hall–Kier alpha value is -2.69. The molecular formula is C21H26N2O3. The zero-order valence-electron chi connectivity index (χ0n) is 15.6. The number of rotatable bonds is 6. The third-order valence-corrected chi connectivity index (χ3v) is 4.41. The van der Waals surface area contributed by atoms with Crippen LogP contribution in [-0.2, 0) is 4.79 Å². The molecule has 0 unspecified atom stereocenters. The number of nitrogens with one attached hydrogen (secondary N) is 2. The first-order valence-corrected chi connectivity index (χ1v) is 9.07. The van der Waals surface area contributed by atoms with Crippen LogP contribution in [0.2, 0.25) is 0 Å². The monoisotopic (exact) mass is 354 g/mol. The van der Waals surface area contributed by atoms with Crippen molar-refractivity contribution in [1.82, 2.24) is 0 Å². The summed E-state index contributed by atoms with van der Waals surface area (Å²) < 4.78 is 11.1. The molecule has 0 bridgehead atoms. The van der Waals surface area contributed by atoms with Gasteiger partial charge in [-0.3, -0.25) is 4.79 Å². The van der Waals surface area contributed by atoms with E-state index >= 15 is 0 Å². The Kier molecular flexibility index (Phi) is 5.66. The van der Waals surface area contributed by atoms with Gasteiger partial charge in [-0.25, -0.2) is 0 Å². The highest BCUT2D eigenvalue weighted by Gasteiger charge is 2.13. The van der Waals surface area contributed by atoms with Crippen molar-refractivity contribution in [1.29, 1.82) is 0 Å². The van der Waals surface area contributed by atoms with Crippen molar-refractivity contribution in [3.8, 4) is 11.5 Å². The van der Waals surface area contributed by atoms with E-state index < -0.39 is 0 Å². The third kappa shape index (κ3) is 4.28. The van der Waals surface area contributed by atoms with Crippen LogP contribution in [-0.4, -0.2) is 25.7 Å². The first kappa shape index (κ1) is 18.1. The van der Waals surface area contributed by atoms with Gasteiger partial charge in [0.25, 0.3) is 0 Å². The molecule has 0 saturated carbocycles. The fraction of sp³-hybridized carbons (Fsp3) is 0.381. The lowest BCUT2D eigenvalue weighted by Gasteiger charge is -2.19. The molecule has 2 aromatic carbocycles. The molecule has 1 aliphatic rings. The molecule has 0 radical (unpaired) electrons. The van der Waals surface area contributed by atoms with Crippen LogP contribution in [0.3, 0.4) is 0 Å². The number of carbonyl (C=O) groups is 1. The van der Waals surface area contributed by atoms with E-state index in [1.165, 1.54) is 0 Å². The first-order chi connectivity index (χ1) is 12.5. The Labute approximate surface area is 154 Å². The van der Waals surface area contributed by atoms with E-state index in [-0.39, 0.29) is 5.91 Å². The summed E-state index contributed by atoms with van der Waals surface area (Å²) in [4.78, 5) is 12.4. The number of hydrogen-bond acceptors (Lipinski definition) is 4. The SMILES string of the molecule is Cc1cccc(C(C)C)c1NC(=O)CCNc1ccc2c(c1)OCCO2. The summed E-state index contributed by atoms with van der Waals surface area (Å²) in [6.45, 7) is 7.98. The fourth-order valence-electron chi connectivity index (χ4n) is 3.02. The Balaban J connectivity index is 1.55. The maximum atomic E-state index is 12.4. The standard InChI is InChI=1S/C21H26N2O3/c1-14(2)17-6-4-5-15(3)21(17)23-20(24)9-10-22-16-7-8-18-19(13-16)26-12-11-25-18/h4-8,13-14,22H,9-12H2,1-3H3,(H,23,24). The van der Waals surface area contributed by atoms with Gasteiger partial charge in [0.1, 0.15) is 13.2 Å². The minimum absolute atomic E-state index is 0.00578. The second-order valence-electron chi connectivity index (χ2n) is 6.78. The van der Waals surface area contributed by atoms with Gasteiger partial charge >= 0.3 is 0 Å². The summed E-state index contributed by atoms with van der Waals surface area (Å²) >= 11 is 0. The predicted octanol–water partition coefficient (Wildman–Crippen LogP) is 4.33. The van der Waals surface area contributed by atoms with Crippen LogP contribution in [0, 0.1) is 6.92 Å². The van der Waals surface area contributed by atoms with E-state index in [2.05, 4.69) is 30.5 Å². The maximum absolute atomic E-state index is 12.4. The first-order valence-electron chi connectivity index (χ1n) is 9.07. The third-order valence-electron chi connectivity index (χ3n) is 4.41. The van der Waals surface area contributed by atoms with Gasteiger partial charge in [0.2, 0.25) is 5.91 Å². The van der Waals surface area contributed by atoms with Crippen molar-refractivity contribution < 1.29 is 14.3 Å². The Morgan fingerprint density at radius 1 is 1.12 bits per heavy atom. The fourth-order valence-corrected chi connectivity index (χ4v) is 3.02. The number of benzene rings is 2. The molecule has 2 N–H and O–H groups in total. The van der Waals surface area contributed by atoms with Gasteiger partial charge in [-0.15, -0.1) is 0 Å². The molecule has 0 atom stereocenters. The maximum Gasteiger partial charge on any atom is 0.226 e. The van der Waals surface area contributed by atoms with E-state index in [1.807, 2.05) is 37.3 Å². The van der Waals surface area contributed by atoms with E-state index in [1.54, 1.807) is 0 Å². The number of ether oxygens (including phenoxy) is 2. The smallest absolute Gasteiger partial charge is 0.226 e. The van der Waals surface area contributed by atoms with Crippen LogP contribution in [0.15, 0.2) is 36.4 Å². The number of para-hydroxylation sites is 1. The largest absolute Gasteiger partial charge is 0.486 e. The molecule has 0 fully saturated rings. The molecule has 0 aliphatic carbocycles. The highest BCUT2D eigenvalue weighted by Crippen LogP contribution is 2.32. The van der Waals surface area contributed by atoms with Crippen molar-refractivity contribution in [2.24, 2.45) is 0 Å². The van der Waals surface area contributed by atoms with Crippen LogP contribution in [0.1, 0.15) is 37.3 Å². The summed E-state index contributed by atoms with van der Waals surface area (Å²) in [5, 5.41) is 6.34. The van der Waals surface area contributed by atoms with Crippen molar-refractivity contribution >= 4 is 17.3 Å². The van der Waals surface area contributed by atoms with E-state index in [9.17, 15) is 4.79 Å². The van der Waals surface area contributed by atoms with Gasteiger partial charge in [-0.2, -0.15) is 0 Å². The Bertz CT molecular complexity index is 787. The summed E-state index contributed by atoms with van der Waals surface area (Å²) in [6.07, 6.45) is 0.389. The van der Waals surface area contributed by atoms with Crippen molar-refractivity contribution in [2.45, 2.75) is 33.1 Å². The molecule has 3 rings (SSSR count). The normalized spacial score (nSPS) is 12.8. The Morgan fingerprint density at radius 2 is 1.88 bits per heavy atom. The molecule has 0 aromatic heterocycles. The van der Waals surface area contributed by atoms with Gasteiger partial charge < -0.3 is 20.1 Å².